The Morgan fingerprint density at radius 3 is 0.787 bits per heavy atom. The summed E-state index contributed by atoms with van der Waals surface area (Å²) >= 11 is 0. The molecule has 0 aromatic carbocycles. The Bertz CT molecular complexity index is 1610. The molecule has 0 saturated carbocycles. The van der Waals surface area contributed by atoms with Crippen LogP contribution in [0.1, 0.15) is 323 Å². The van der Waals surface area contributed by atoms with Gasteiger partial charge in [0.05, 0.1) is 0 Å². The number of hydrogen-bond acceptors (Lipinski definition) is 6. The van der Waals surface area contributed by atoms with Crippen LogP contribution in [-0.4, -0.2) is 37.2 Å². The van der Waals surface area contributed by atoms with Crippen LogP contribution in [-0.2, 0) is 28.6 Å². The van der Waals surface area contributed by atoms with Crippen molar-refractivity contribution in [3.63, 3.8) is 0 Å². The van der Waals surface area contributed by atoms with Crippen LogP contribution >= 0.6 is 0 Å². The molecule has 0 aromatic heterocycles. The topological polar surface area (TPSA) is 78.9 Å². The van der Waals surface area contributed by atoms with Crippen molar-refractivity contribution in [1.82, 2.24) is 0 Å². The average Bonchev–Trinajstić information content (AvgIpc) is 3.46. The Balaban J connectivity index is 4.33. The molecule has 1 unspecified atom stereocenters. The molecule has 0 saturated heterocycles. The molecule has 0 fully saturated rings. The van der Waals surface area contributed by atoms with E-state index in [2.05, 4.69) is 130 Å². The van der Waals surface area contributed by atoms with E-state index in [-0.39, 0.29) is 31.1 Å². The van der Waals surface area contributed by atoms with E-state index >= 15 is 0 Å². The first-order valence-electron chi connectivity index (χ1n) is 33.9. The minimum atomic E-state index is -0.788. The Morgan fingerprint density at radius 1 is 0.263 bits per heavy atom. The molecule has 6 nitrogen and oxygen atoms in total. The zero-order valence-electron chi connectivity index (χ0n) is 52.6. The maximum Gasteiger partial charge on any atom is 0.306 e. The van der Waals surface area contributed by atoms with Crippen molar-refractivity contribution in [1.29, 1.82) is 0 Å². The number of esters is 3. The zero-order valence-corrected chi connectivity index (χ0v) is 52.6. The van der Waals surface area contributed by atoms with Gasteiger partial charge in [-0.25, -0.2) is 0 Å². The van der Waals surface area contributed by atoms with Crippen LogP contribution < -0.4 is 0 Å². The Kier molecular flexibility index (Phi) is 64.3. The highest BCUT2D eigenvalue weighted by Gasteiger charge is 2.19. The third-order valence-corrected chi connectivity index (χ3v) is 14.5. The molecule has 6 heteroatoms. The lowest BCUT2D eigenvalue weighted by molar-refractivity contribution is -0.167. The lowest BCUT2D eigenvalue weighted by Crippen LogP contribution is -2.30. The fourth-order valence-corrected chi connectivity index (χ4v) is 9.45. The number of unbranched alkanes of at least 4 members (excludes halogenated alkanes) is 32. The molecule has 0 amide bonds. The molecule has 0 spiro atoms. The minimum Gasteiger partial charge on any atom is -0.462 e. The van der Waals surface area contributed by atoms with Gasteiger partial charge in [0.25, 0.3) is 0 Å². The number of carbonyl (C=O) groups is 3. The van der Waals surface area contributed by atoms with Gasteiger partial charge in [-0.3, -0.25) is 14.4 Å². The summed E-state index contributed by atoms with van der Waals surface area (Å²) < 4.78 is 17.0. The summed E-state index contributed by atoms with van der Waals surface area (Å²) in [6, 6.07) is 0. The zero-order chi connectivity index (χ0) is 57.8. The molecular formula is C74H126O6. The maximum absolute atomic E-state index is 12.9. The van der Waals surface area contributed by atoms with Gasteiger partial charge >= 0.3 is 17.9 Å². The van der Waals surface area contributed by atoms with Gasteiger partial charge < -0.3 is 14.2 Å². The third kappa shape index (κ3) is 64.9. The highest BCUT2D eigenvalue weighted by Crippen LogP contribution is 2.16. The summed E-state index contributed by atoms with van der Waals surface area (Å²) in [4.78, 5) is 38.4. The van der Waals surface area contributed by atoms with Crippen LogP contribution in [0.2, 0.25) is 0 Å². The van der Waals surface area contributed by atoms with Crippen molar-refractivity contribution in [2.45, 2.75) is 329 Å². The minimum absolute atomic E-state index is 0.0821. The second-order valence-electron chi connectivity index (χ2n) is 22.4. The van der Waals surface area contributed by atoms with Gasteiger partial charge in [-0.2, -0.15) is 0 Å². The van der Waals surface area contributed by atoms with Crippen LogP contribution in [0.25, 0.3) is 0 Å². The molecule has 0 rings (SSSR count). The lowest BCUT2D eigenvalue weighted by Gasteiger charge is -2.18. The standard InChI is InChI=1S/C74H126O6/c1-4-7-10-13-16-19-22-25-28-30-32-33-34-35-36-37-38-39-40-41-43-44-46-49-52-55-58-61-64-67-73(76)79-70-71(69-78-72(75)66-63-60-57-54-51-48-27-24-21-18-15-12-9-6-3)80-74(77)68-65-62-59-56-53-50-47-45-42-31-29-26-23-20-17-14-11-8-5-2/h7,10,16-17,19-20,25-26,28-29,32-33,35-36,38-39,42,45,71H,4-6,8-9,11-15,18,21-24,27,30-31,34,37,40-41,43-44,46-70H2,1-3H3/b10-7-,19-16-,20-17-,28-25-,29-26-,33-32-,36-35-,39-38-,45-42-. The van der Waals surface area contributed by atoms with Crippen LogP contribution in [0.5, 0.6) is 0 Å². The second-order valence-corrected chi connectivity index (χ2v) is 22.4. The normalized spacial score (nSPS) is 12.8. The molecule has 1 atom stereocenters. The van der Waals surface area contributed by atoms with E-state index in [1.54, 1.807) is 0 Å². The third-order valence-electron chi connectivity index (χ3n) is 14.5. The van der Waals surface area contributed by atoms with E-state index < -0.39 is 6.10 Å². The van der Waals surface area contributed by atoms with Crippen molar-refractivity contribution in [3.8, 4) is 0 Å². The van der Waals surface area contributed by atoms with Crippen molar-refractivity contribution < 1.29 is 28.6 Å². The summed E-state index contributed by atoms with van der Waals surface area (Å²) in [5.74, 6) is -0.887. The number of carbonyl (C=O) groups excluding carboxylic acids is 3. The van der Waals surface area contributed by atoms with Gasteiger partial charge in [0.1, 0.15) is 13.2 Å². The van der Waals surface area contributed by atoms with Crippen molar-refractivity contribution >= 4 is 17.9 Å². The summed E-state index contributed by atoms with van der Waals surface area (Å²) in [7, 11) is 0. The van der Waals surface area contributed by atoms with Crippen LogP contribution in [0.4, 0.5) is 0 Å². The highest BCUT2D eigenvalue weighted by atomic mass is 16.6. The van der Waals surface area contributed by atoms with Crippen molar-refractivity contribution in [2.75, 3.05) is 13.2 Å². The van der Waals surface area contributed by atoms with Crippen LogP contribution in [0.15, 0.2) is 109 Å². The molecule has 80 heavy (non-hydrogen) atoms. The second kappa shape index (κ2) is 67.6. The fraction of sp³-hybridized carbons (Fsp3) is 0.716. The summed E-state index contributed by atoms with van der Waals surface area (Å²) in [5, 5.41) is 0. The van der Waals surface area contributed by atoms with E-state index in [0.717, 1.165) is 122 Å². The highest BCUT2D eigenvalue weighted by molar-refractivity contribution is 5.71. The molecule has 0 aliphatic heterocycles. The number of hydrogen-bond donors (Lipinski definition) is 0. The average molecular weight is 1110 g/mol. The summed E-state index contributed by atoms with van der Waals surface area (Å²) in [5.41, 5.74) is 0. The van der Waals surface area contributed by atoms with Crippen molar-refractivity contribution in [3.05, 3.63) is 109 Å². The van der Waals surface area contributed by atoms with E-state index in [1.807, 2.05) is 0 Å². The van der Waals surface area contributed by atoms with E-state index in [1.165, 1.54) is 161 Å². The Morgan fingerprint density at radius 2 is 0.487 bits per heavy atom. The molecule has 0 radical (unpaired) electrons. The van der Waals surface area contributed by atoms with Gasteiger partial charge in [0.15, 0.2) is 6.10 Å². The number of rotatable bonds is 61. The predicted octanol–water partition coefficient (Wildman–Crippen LogP) is 23.4. The van der Waals surface area contributed by atoms with Gasteiger partial charge in [0.2, 0.25) is 0 Å². The van der Waals surface area contributed by atoms with E-state index in [9.17, 15) is 14.4 Å². The molecule has 0 aliphatic rings. The first-order valence-corrected chi connectivity index (χ1v) is 33.9. The van der Waals surface area contributed by atoms with Crippen LogP contribution in [0, 0.1) is 0 Å². The molecule has 0 bridgehead atoms. The van der Waals surface area contributed by atoms with Gasteiger partial charge in [-0.05, 0) is 109 Å². The van der Waals surface area contributed by atoms with Gasteiger partial charge in [-0.15, -0.1) is 0 Å². The monoisotopic (exact) mass is 1110 g/mol. The molecular weight excluding hydrogens is 985 g/mol. The summed E-state index contributed by atoms with van der Waals surface area (Å²) in [6.07, 6.45) is 92.4. The molecule has 0 aliphatic carbocycles. The summed E-state index contributed by atoms with van der Waals surface area (Å²) in [6.45, 7) is 6.52. The lowest BCUT2D eigenvalue weighted by atomic mass is 10.0. The quantitative estimate of drug-likeness (QED) is 0.0261. The fourth-order valence-electron chi connectivity index (χ4n) is 9.45. The predicted molar refractivity (Wildman–Crippen MR) is 348 cm³/mol. The van der Waals surface area contributed by atoms with E-state index in [0.29, 0.717) is 19.3 Å². The van der Waals surface area contributed by atoms with Gasteiger partial charge in [-0.1, -0.05) is 304 Å². The van der Waals surface area contributed by atoms with Crippen LogP contribution in [0.3, 0.4) is 0 Å². The Labute approximate surface area is 495 Å². The largest absolute Gasteiger partial charge is 0.462 e. The number of ether oxygens (including phenoxy) is 3. The molecule has 458 valence electrons. The van der Waals surface area contributed by atoms with Gasteiger partial charge in [0, 0.05) is 19.3 Å². The van der Waals surface area contributed by atoms with Crippen molar-refractivity contribution in [2.24, 2.45) is 0 Å². The number of allylic oxidation sites excluding steroid dienone is 18. The Hall–Kier alpha value is -3.93. The molecule has 0 aromatic rings. The smallest absolute Gasteiger partial charge is 0.306 e. The first-order chi connectivity index (χ1) is 39.5. The first kappa shape index (κ1) is 76.1. The van der Waals surface area contributed by atoms with E-state index in [4.69, 9.17) is 14.2 Å². The molecule has 0 N–H and O–H groups in total. The SMILES string of the molecule is CC/C=C\C/C=C\C/C=C\C/C=C\C/C=C\C/C=C\CCCCCCCCCCCCC(=O)OCC(COC(=O)CCCCCCCCCCCCCCCC)OC(=O)CCCCCCCC/C=C\C/C=C\C/C=C\CCCCC. The molecule has 0 heterocycles. The maximum atomic E-state index is 12.9.